The van der Waals surface area contributed by atoms with E-state index in [-0.39, 0.29) is 5.91 Å². The van der Waals surface area contributed by atoms with Gasteiger partial charge in [0.15, 0.2) is 11.5 Å². The molecule has 0 aliphatic rings. The minimum absolute atomic E-state index is 0.176. The van der Waals surface area contributed by atoms with Crippen molar-refractivity contribution in [1.82, 2.24) is 10.3 Å². The summed E-state index contributed by atoms with van der Waals surface area (Å²) in [6.07, 6.45) is 0. The van der Waals surface area contributed by atoms with Crippen molar-refractivity contribution >= 4 is 5.91 Å². The van der Waals surface area contributed by atoms with Crippen LogP contribution in [0.3, 0.4) is 0 Å². The Morgan fingerprint density at radius 3 is 2.41 bits per heavy atom. The van der Waals surface area contributed by atoms with Crippen LogP contribution in [0.2, 0.25) is 0 Å². The van der Waals surface area contributed by atoms with Crippen LogP contribution in [-0.2, 0) is 6.54 Å². The third kappa shape index (κ3) is 4.08. The number of carbonyl (C=O) groups is 1. The maximum absolute atomic E-state index is 12.6. The molecule has 1 aromatic heterocycles. The molecule has 0 aliphatic heterocycles. The van der Waals surface area contributed by atoms with Crippen LogP contribution in [0.5, 0.6) is 11.5 Å². The van der Waals surface area contributed by atoms with Gasteiger partial charge in [0, 0.05) is 17.7 Å². The molecular formula is C22H22N2O3. The zero-order valence-electron chi connectivity index (χ0n) is 15.7. The first kappa shape index (κ1) is 18.5. The molecule has 3 aromatic rings. The van der Waals surface area contributed by atoms with Gasteiger partial charge in [-0.3, -0.25) is 9.78 Å². The standard InChI is InChI=1S/C22H22N2O3/c1-15-18(12-13-19(24-15)16-8-5-4-6-9-16)22(25)23-14-17-10-7-11-20(26-2)21(17)27-3/h4-13H,14H2,1-3H3,(H,23,25). The van der Waals surface area contributed by atoms with E-state index in [1.807, 2.05) is 67.6 Å². The van der Waals surface area contributed by atoms with Gasteiger partial charge in [0.05, 0.1) is 31.2 Å². The maximum atomic E-state index is 12.6. The highest BCUT2D eigenvalue weighted by Crippen LogP contribution is 2.30. The largest absolute Gasteiger partial charge is 0.493 e. The summed E-state index contributed by atoms with van der Waals surface area (Å²) in [5.74, 6) is 1.08. The minimum atomic E-state index is -0.176. The summed E-state index contributed by atoms with van der Waals surface area (Å²) in [6.45, 7) is 2.17. The Balaban J connectivity index is 1.76. The topological polar surface area (TPSA) is 60.5 Å². The van der Waals surface area contributed by atoms with Gasteiger partial charge >= 0.3 is 0 Å². The number of para-hydroxylation sites is 1. The predicted octanol–water partition coefficient (Wildman–Crippen LogP) is 4.00. The molecule has 0 saturated carbocycles. The molecule has 0 unspecified atom stereocenters. The number of methoxy groups -OCH3 is 2. The zero-order chi connectivity index (χ0) is 19.2. The number of benzene rings is 2. The molecule has 0 atom stereocenters. The highest BCUT2D eigenvalue weighted by molar-refractivity contribution is 5.95. The third-order valence-electron chi connectivity index (χ3n) is 4.32. The van der Waals surface area contributed by atoms with Crippen LogP contribution in [0.25, 0.3) is 11.3 Å². The quantitative estimate of drug-likeness (QED) is 0.720. The summed E-state index contributed by atoms with van der Waals surface area (Å²) in [5, 5.41) is 2.93. The predicted molar refractivity (Wildman–Crippen MR) is 105 cm³/mol. The highest BCUT2D eigenvalue weighted by Gasteiger charge is 2.14. The molecule has 3 rings (SSSR count). The van der Waals surface area contributed by atoms with Crippen molar-refractivity contribution in [3.8, 4) is 22.8 Å². The van der Waals surface area contributed by atoms with E-state index in [9.17, 15) is 4.79 Å². The average Bonchev–Trinajstić information content (AvgIpc) is 2.72. The van der Waals surface area contributed by atoms with Crippen molar-refractivity contribution < 1.29 is 14.3 Å². The third-order valence-corrected chi connectivity index (χ3v) is 4.32. The first-order chi connectivity index (χ1) is 13.1. The van der Waals surface area contributed by atoms with E-state index in [1.54, 1.807) is 14.2 Å². The molecule has 27 heavy (non-hydrogen) atoms. The van der Waals surface area contributed by atoms with E-state index in [0.717, 1.165) is 16.8 Å². The van der Waals surface area contributed by atoms with Crippen molar-refractivity contribution in [1.29, 1.82) is 0 Å². The Kier molecular flexibility index (Phi) is 5.71. The molecular weight excluding hydrogens is 340 g/mol. The van der Waals surface area contributed by atoms with E-state index in [1.165, 1.54) is 0 Å². The van der Waals surface area contributed by atoms with Crippen molar-refractivity contribution in [2.45, 2.75) is 13.5 Å². The summed E-state index contributed by atoms with van der Waals surface area (Å²) < 4.78 is 10.7. The molecule has 0 aliphatic carbocycles. The van der Waals surface area contributed by atoms with Crippen LogP contribution in [0, 0.1) is 6.92 Å². The van der Waals surface area contributed by atoms with E-state index in [0.29, 0.717) is 29.3 Å². The van der Waals surface area contributed by atoms with Crippen molar-refractivity contribution in [2.24, 2.45) is 0 Å². The number of nitrogens with one attached hydrogen (secondary N) is 1. The Morgan fingerprint density at radius 2 is 1.74 bits per heavy atom. The van der Waals surface area contributed by atoms with Crippen molar-refractivity contribution in [2.75, 3.05) is 14.2 Å². The van der Waals surface area contributed by atoms with Crippen molar-refractivity contribution in [3.63, 3.8) is 0 Å². The van der Waals surface area contributed by atoms with Gasteiger partial charge < -0.3 is 14.8 Å². The number of pyridine rings is 1. The zero-order valence-corrected chi connectivity index (χ0v) is 15.7. The molecule has 5 nitrogen and oxygen atoms in total. The van der Waals surface area contributed by atoms with Crippen LogP contribution in [0.4, 0.5) is 0 Å². The molecule has 5 heteroatoms. The van der Waals surface area contributed by atoms with E-state index < -0.39 is 0 Å². The number of aromatic nitrogens is 1. The van der Waals surface area contributed by atoms with Gasteiger partial charge in [0.25, 0.3) is 5.91 Å². The number of aryl methyl sites for hydroxylation is 1. The Hall–Kier alpha value is -3.34. The number of hydrogen-bond acceptors (Lipinski definition) is 4. The van der Waals surface area contributed by atoms with Crippen molar-refractivity contribution in [3.05, 3.63) is 77.5 Å². The second-order valence-electron chi connectivity index (χ2n) is 6.03. The van der Waals surface area contributed by atoms with Gasteiger partial charge in [-0.05, 0) is 25.1 Å². The lowest BCUT2D eigenvalue weighted by molar-refractivity contribution is 0.0949. The Labute approximate surface area is 159 Å². The van der Waals surface area contributed by atoms with Crippen LogP contribution in [0.1, 0.15) is 21.6 Å². The first-order valence-corrected chi connectivity index (χ1v) is 8.65. The fourth-order valence-electron chi connectivity index (χ4n) is 2.93. The molecule has 1 N–H and O–H groups in total. The number of nitrogens with zero attached hydrogens (tertiary/aromatic N) is 1. The number of hydrogen-bond donors (Lipinski definition) is 1. The fourth-order valence-corrected chi connectivity index (χ4v) is 2.93. The molecule has 0 radical (unpaired) electrons. The number of carbonyl (C=O) groups excluding carboxylic acids is 1. The smallest absolute Gasteiger partial charge is 0.253 e. The molecule has 0 fully saturated rings. The van der Waals surface area contributed by atoms with E-state index in [2.05, 4.69) is 10.3 Å². The second-order valence-corrected chi connectivity index (χ2v) is 6.03. The minimum Gasteiger partial charge on any atom is -0.493 e. The average molecular weight is 362 g/mol. The van der Waals surface area contributed by atoms with E-state index >= 15 is 0 Å². The van der Waals surface area contributed by atoms with Crippen LogP contribution < -0.4 is 14.8 Å². The summed E-state index contributed by atoms with van der Waals surface area (Å²) >= 11 is 0. The van der Waals surface area contributed by atoms with Crippen LogP contribution in [0.15, 0.2) is 60.7 Å². The van der Waals surface area contributed by atoms with Gasteiger partial charge in [-0.1, -0.05) is 42.5 Å². The second kappa shape index (κ2) is 8.36. The summed E-state index contributed by atoms with van der Waals surface area (Å²) in [4.78, 5) is 17.2. The van der Waals surface area contributed by atoms with Crippen LogP contribution >= 0.6 is 0 Å². The molecule has 2 aromatic carbocycles. The lowest BCUT2D eigenvalue weighted by atomic mass is 10.1. The number of amides is 1. The summed E-state index contributed by atoms with van der Waals surface area (Å²) in [6, 6.07) is 19.1. The van der Waals surface area contributed by atoms with Gasteiger partial charge in [0.1, 0.15) is 0 Å². The van der Waals surface area contributed by atoms with Gasteiger partial charge in [-0.15, -0.1) is 0 Å². The molecule has 0 bridgehead atoms. The monoisotopic (exact) mass is 362 g/mol. The molecule has 0 spiro atoms. The maximum Gasteiger partial charge on any atom is 0.253 e. The normalized spacial score (nSPS) is 10.3. The summed E-state index contributed by atoms with van der Waals surface area (Å²) in [5.41, 5.74) is 3.95. The molecule has 1 amide bonds. The van der Waals surface area contributed by atoms with Gasteiger partial charge in [-0.25, -0.2) is 0 Å². The molecule has 1 heterocycles. The molecule has 0 saturated heterocycles. The Bertz CT molecular complexity index is 940. The summed E-state index contributed by atoms with van der Waals surface area (Å²) in [7, 11) is 3.17. The SMILES string of the molecule is COc1cccc(CNC(=O)c2ccc(-c3ccccc3)nc2C)c1OC. The molecule has 138 valence electrons. The number of ether oxygens (including phenoxy) is 2. The van der Waals surface area contributed by atoms with Gasteiger partial charge in [-0.2, -0.15) is 0 Å². The van der Waals surface area contributed by atoms with Crippen LogP contribution in [-0.4, -0.2) is 25.1 Å². The van der Waals surface area contributed by atoms with E-state index in [4.69, 9.17) is 9.47 Å². The lowest BCUT2D eigenvalue weighted by Gasteiger charge is -2.14. The first-order valence-electron chi connectivity index (χ1n) is 8.65. The Morgan fingerprint density at radius 1 is 0.963 bits per heavy atom. The lowest BCUT2D eigenvalue weighted by Crippen LogP contribution is -2.24. The van der Waals surface area contributed by atoms with Gasteiger partial charge in [0.2, 0.25) is 0 Å². The number of rotatable bonds is 6. The fraction of sp³-hybridized carbons (Fsp3) is 0.182. The highest BCUT2D eigenvalue weighted by atomic mass is 16.5.